The molecule has 3 aromatic rings. The van der Waals surface area contributed by atoms with Crippen molar-refractivity contribution in [2.24, 2.45) is 0 Å². The molecule has 0 aliphatic heterocycles. The highest BCUT2D eigenvalue weighted by Crippen LogP contribution is 2.34. The lowest BCUT2D eigenvalue weighted by Crippen LogP contribution is -2.19. The maximum absolute atomic E-state index is 12.5. The van der Waals surface area contributed by atoms with E-state index in [1.54, 1.807) is 42.7 Å². The molecule has 0 amide bonds. The van der Waals surface area contributed by atoms with E-state index in [9.17, 15) is 9.59 Å². The van der Waals surface area contributed by atoms with Crippen LogP contribution in [0.5, 0.6) is 0 Å². The molecular formula is C16H8N2O2S. The van der Waals surface area contributed by atoms with E-state index < -0.39 is 0 Å². The molecule has 5 heteroatoms. The van der Waals surface area contributed by atoms with Gasteiger partial charge in [-0.1, -0.05) is 24.3 Å². The van der Waals surface area contributed by atoms with Gasteiger partial charge in [-0.2, -0.15) is 0 Å². The largest absolute Gasteiger partial charge is 0.288 e. The van der Waals surface area contributed by atoms with Crippen molar-refractivity contribution in [3.05, 3.63) is 70.5 Å². The predicted molar refractivity (Wildman–Crippen MR) is 78.7 cm³/mol. The van der Waals surface area contributed by atoms with Crippen LogP contribution < -0.4 is 0 Å². The van der Waals surface area contributed by atoms with Gasteiger partial charge in [-0.3, -0.25) is 14.6 Å². The Morgan fingerprint density at radius 2 is 1.67 bits per heavy atom. The van der Waals surface area contributed by atoms with Crippen LogP contribution in [0, 0.1) is 0 Å². The number of thiazole rings is 1. The quantitative estimate of drug-likeness (QED) is 0.541. The van der Waals surface area contributed by atoms with Crippen molar-refractivity contribution in [2.75, 3.05) is 0 Å². The van der Waals surface area contributed by atoms with E-state index in [4.69, 9.17) is 0 Å². The first-order chi connectivity index (χ1) is 10.3. The minimum absolute atomic E-state index is 0.132. The van der Waals surface area contributed by atoms with Crippen molar-refractivity contribution < 1.29 is 9.59 Å². The van der Waals surface area contributed by atoms with Crippen molar-refractivity contribution in [3.8, 4) is 10.6 Å². The van der Waals surface area contributed by atoms with Gasteiger partial charge in [-0.15, -0.1) is 11.3 Å². The fourth-order valence-corrected chi connectivity index (χ4v) is 3.38. The number of carbonyl (C=O) groups is 2. The van der Waals surface area contributed by atoms with Crippen LogP contribution in [-0.4, -0.2) is 21.5 Å². The Kier molecular flexibility index (Phi) is 2.55. The van der Waals surface area contributed by atoms with E-state index in [-0.39, 0.29) is 17.3 Å². The molecule has 1 aliphatic carbocycles. The molecule has 0 bridgehead atoms. The molecule has 4 rings (SSSR count). The van der Waals surface area contributed by atoms with Crippen LogP contribution in [0.15, 0.2) is 48.8 Å². The van der Waals surface area contributed by atoms with Crippen molar-refractivity contribution in [1.82, 2.24) is 9.97 Å². The SMILES string of the molecule is O=C1c2ccccc2C(=O)c2sc(-c3cccnc3)nc21. The average molecular weight is 292 g/mol. The number of ketones is 2. The van der Waals surface area contributed by atoms with Gasteiger partial charge in [0.2, 0.25) is 11.6 Å². The fraction of sp³-hybridized carbons (Fsp3) is 0. The van der Waals surface area contributed by atoms with Crippen LogP contribution in [0.25, 0.3) is 10.6 Å². The van der Waals surface area contributed by atoms with Crippen molar-refractivity contribution in [1.29, 1.82) is 0 Å². The van der Waals surface area contributed by atoms with E-state index in [1.807, 2.05) is 6.07 Å². The van der Waals surface area contributed by atoms with Gasteiger partial charge in [0.1, 0.15) is 15.6 Å². The number of aromatic nitrogens is 2. The number of rotatable bonds is 1. The first-order valence-corrected chi connectivity index (χ1v) is 7.17. The van der Waals surface area contributed by atoms with Gasteiger partial charge in [-0.25, -0.2) is 4.98 Å². The monoisotopic (exact) mass is 292 g/mol. The maximum Gasteiger partial charge on any atom is 0.213 e. The molecular weight excluding hydrogens is 284 g/mol. The molecule has 0 N–H and O–H groups in total. The minimum atomic E-state index is -0.188. The summed E-state index contributed by atoms with van der Waals surface area (Å²) in [6.07, 6.45) is 3.34. The zero-order chi connectivity index (χ0) is 14.4. The first kappa shape index (κ1) is 12.1. The van der Waals surface area contributed by atoms with Gasteiger partial charge in [0.15, 0.2) is 0 Å². The number of fused-ring (bicyclic) bond motifs is 2. The molecule has 2 aromatic heterocycles. The number of carbonyl (C=O) groups excluding carboxylic acids is 2. The number of nitrogens with zero attached hydrogens (tertiary/aromatic N) is 2. The topological polar surface area (TPSA) is 59.9 Å². The standard InChI is InChI=1S/C16H8N2O2S/c19-13-10-5-1-2-6-11(10)14(20)15-12(13)18-16(21-15)9-4-3-7-17-8-9/h1-8H. The van der Waals surface area contributed by atoms with Gasteiger partial charge < -0.3 is 0 Å². The Balaban J connectivity index is 1.92. The summed E-state index contributed by atoms with van der Waals surface area (Å²) in [6, 6.07) is 10.5. The molecule has 1 aliphatic rings. The summed E-state index contributed by atoms with van der Waals surface area (Å²) in [5, 5.41) is 0.641. The molecule has 21 heavy (non-hydrogen) atoms. The summed E-state index contributed by atoms with van der Waals surface area (Å²) in [4.78, 5) is 33.8. The van der Waals surface area contributed by atoms with E-state index in [0.717, 1.165) is 5.56 Å². The highest BCUT2D eigenvalue weighted by molar-refractivity contribution is 7.17. The Morgan fingerprint density at radius 1 is 0.905 bits per heavy atom. The molecule has 100 valence electrons. The van der Waals surface area contributed by atoms with Gasteiger partial charge >= 0.3 is 0 Å². The van der Waals surface area contributed by atoms with E-state index in [1.165, 1.54) is 11.3 Å². The summed E-state index contributed by atoms with van der Waals surface area (Å²) in [7, 11) is 0. The van der Waals surface area contributed by atoms with Gasteiger partial charge in [0.05, 0.1) is 0 Å². The normalized spacial score (nSPS) is 13.0. The average Bonchev–Trinajstić information content (AvgIpc) is 2.99. The van der Waals surface area contributed by atoms with Crippen LogP contribution in [-0.2, 0) is 0 Å². The van der Waals surface area contributed by atoms with Crippen LogP contribution in [0.4, 0.5) is 0 Å². The van der Waals surface area contributed by atoms with Gasteiger partial charge in [-0.05, 0) is 12.1 Å². The molecule has 0 fully saturated rings. The Bertz CT molecular complexity index is 832. The van der Waals surface area contributed by atoms with Crippen molar-refractivity contribution in [2.45, 2.75) is 0 Å². The molecule has 4 nitrogen and oxygen atoms in total. The Labute approximate surface area is 124 Å². The molecule has 2 heterocycles. The zero-order valence-electron chi connectivity index (χ0n) is 10.7. The second-order valence-corrected chi connectivity index (χ2v) is 5.64. The van der Waals surface area contributed by atoms with Gasteiger partial charge in [0.25, 0.3) is 0 Å². The summed E-state index contributed by atoms with van der Waals surface area (Å²) in [6.45, 7) is 0. The van der Waals surface area contributed by atoms with Gasteiger partial charge in [0, 0.05) is 29.1 Å². The molecule has 0 radical (unpaired) electrons. The predicted octanol–water partition coefficient (Wildman–Crippen LogP) is 2.98. The number of hydrogen-bond donors (Lipinski definition) is 0. The van der Waals surface area contributed by atoms with Crippen molar-refractivity contribution in [3.63, 3.8) is 0 Å². The highest BCUT2D eigenvalue weighted by Gasteiger charge is 2.33. The van der Waals surface area contributed by atoms with Crippen LogP contribution in [0.1, 0.15) is 31.3 Å². The van der Waals surface area contributed by atoms with E-state index in [0.29, 0.717) is 21.0 Å². The molecule has 0 atom stereocenters. The zero-order valence-corrected chi connectivity index (χ0v) is 11.6. The molecule has 0 spiro atoms. The highest BCUT2D eigenvalue weighted by atomic mass is 32.1. The molecule has 0 saturated heterocycles. The molecule has 0 unspecified atom stereocenters. The molecule has 0 saturated carbocycles. The lowest BCUT2D eigenvalue weighted by atomic mass is 9.91. The fourth-order valence-electron chi connectivity index (χ4n) is 2.37. The van der Waals surface area contributed by atoms with Crippen LogP contribution in [0.3, 0.4) is 0 Å². The Morgan fingerprint density at radius 3 is 2.38 bits per heavy atom. The third kappa shape index (κ3) is 1.75. The van der Waals surface area contributed by atoms with E-state index in [2.05, 4.69) is 9.97 Å². The van der Waals surface area contributed by atoms with Crippen LogP contribution >= 0.6 is 11.3 Å². The first-order valence-electron chi connectivity index (χ1n) is 6.35. The van der Waals surface area contributed by atoms with Crippen LogP contribution in [0.2, 0.25) is 0 Å². The lowest BCUT2D eigenvalue weighted by molar-refractivity contribution is 0.0979. The third-order valence-corrected chi connectivity index (χ3v) is 4.48. The lowest BCUT2D eigenvalue weighted by Gasteiger charge is -2.11. The second-order valence-electron chi connectivity index (χ2n) is 4.64. The maximum atomic E-state index is 12.5. The number of benzene rings is 1. The summed E-state index contributed by atoms with van der Waals surface area (Å²) in [5.74, 6) is -0.320. The smallest absolute Gasteiger partial charge is 0.213 e. The summed E-state index contributed by atoms with van der Waals surface area (Å²) >= 11 is 1.24. The minimum Gasteiger partial charge on any atom is -0.288 e. The second kappa shape index (κ2) is 4.43. The third-order valence-electron chi connectivity index (χ3n) is 3.37. The van der Waals surface area contributed by atoms with Crippen molar-refractivity contribution >= 4 is 22.9 Å². The molecule has 1 aromatic carbocycles. The summed E-state index contributed by atoms with van der Waals surface area (Å²) < 4.78 is 0. The number of pyridine rings is 1. The van der Waals surface area contributed by atoms with E-state index >= 15 is 0 Å². The Hall–Kier alpha value is -2.66. The summed E-state index contributed by atoms with van der Waals surface area (Å²) in [5.41, 5.74) is 1.94. The number of hydrogen-bond acceptors (Lipinski definition) is 5.